The van der Waals surface area contributed by atoms with Gasteiger partial charge in [-0.1, -0.05) is 60.7 Å². The molecule has 8 heteroatoms. The van der Waals surface area contributed by atoms with Gasteiger partial charge in [-0.25, -0.2) is 0 Å². The van der Waals surface area contributed by atoms with Crippen molar-refractivity contribution in [3.8, 4) is 5.75 Å². The molecule has 5 rings (SSSR count). The summed E-state index contributed by atoms with van der Waals surface area (Å²) < 4.78 is 5.45. The summed E-state index contributed by atoms with van der Waals surface area (Å²) in [6.45, 7) is 4.34. The number of amides is 3. The Hall–Kier alpha value is -5.34. The number of rotatable bonds is 11. The average molecular weight is 616 g/mol. The maximum atomic E-state index is 13.5. The standard InChI is InChI=1S/C37H33N3O4S/c1-3-44-31-20-16-29(17-21-31)38-35(41)25(2)45-32-22-18-30(19-23-32)39-37(43)34(40-36(42)27-11-5-4-6-12-27)24-28-14-9-13-26-10-7-8-15-33(26)28/h4-25H,3H2,1-2H3,(H,38,41)(H,39,43)(H,40,42)/b34-24-. The van der Waals surface area contributed by atoms with Crippen LogP contribution in [0.5, 0.6) is 5.75 Å². The summed E-state index contributed by atoms with van der Waals surface area (Å²) in [4.78, 5) is 40.2. The highest BCUT2D eigenvalue weighted by molar-refractivity contribution is 8.00. The summed E-state index contributed by atoms with van der Waals surface area (Å²) >= 11 is 1.41. The number of anilines is 2. The molecule has 45 heavy (non-hydrogen) atoms. The lowest BCUT2D eigenvalue weighted by molar-refractivity contribution is -0.115. The van der Waals surface area contributed by atoms with Gasteiger partial charge >= 0.3 is 0 Å². The van der Waals surface area contributed by atoms with Crippen molar-refractivity contribution >= 4 is 57.7 Å². The molecule has 0 aliphatic carbocycles. The Morgan fingerprint density at radius 2 is 1.40 bits per heavy atom. The van der Waals surface area contributed by atoms with Gasteiger partial charge in [0.2, 0.25) is 5.91 Å². The molecule has 0 bridgehead atoms. The topological polar surface area (TPSA) is 96.5 Å². The third-order valence-corrected chi connectivity index (χ3v) is 7.99. The van der Waals surface area contributed by atoms with Crippen molar-refractivity contribution in [3.05, 3.63) is 138 Å². The molecule has 0 aliphatic heterocycles. The number of ether oxygens (including phenoxy) is 1. The first-order valence-corrected chi connectivity index (χ1v) is 15.4. The fourth-order valence-electron chi connectivity index (χ4n) is 4.59. The van der Waals surface area contributed by atoms with Crippen LogP contribution in [0.3, 0.4) is 0 Å². The van der Waals surface area contributed by atoms with Gasteiger partial charge in [0.15, 0.2) is 0 Å². The van der Waals surface area contributed by atoms with E-state index in [0.29, 0.717) is 23.5 Å². The van der Waals surface area contributed by atoms with Gasteiger partial charge in [0.25, 0.3) is 11.8 Å². The molecular weight excluding hydrogens is 582 g/mol. The highest BCUT2D eigenvalue weighted by atomic mass is 32.2. The second-order valence-electron chi connectivity index (χ2n) is 10.1. The number of thioether (sulfide) groups is 1. The molecule has 5 aromatic rings. The van der Waals surface area contributed by atoms with Crippen LogP contribution < -0.4 is 20.7 Å². The Kier molecular flexibility index (Phi) is 10.3. The Bertz CT molecular complexity index is 1820. The summed E-state index contributed by atoms with van der Waals surface area (Å²) in [6, 6.07) is 36.9. The second-order valence-corrected chi connectivity index (χ2v) is 11.5. The molecule has 1 unspecified atom stereocenters. The Labute approximate surface area is 266 Å². The number of fused-ring (bicyclic) bond motifs is 1. The van der Waals surface area contributed by atoms with Gasteiger partial charge in [-0.05, 0) is 96.9 Å². The third kappa shape index (κ3) is 8.40. The van der Waals surface area contributed by atoms with E-state index in [1.807, 2.05) is 98.8 Å². The smallest absolute Gasteiger partial charge is 0.272 e. The van der Waals surface area contributed by atoms with Crippen molar-refractivity contribution in [1.82, 2.24) is 5.32 Å². The number of nitrogens with one attached hydrogen (secondary N) is 3. The lowest BCUT2D eigenvalue weighted by atomic mass is 10.0. The molecule has 0 aromatic heterocycles. The van der Waals surface area contributed by atoms with Gasteiger partial charge in [0, 0.05) is 21.8 Å². The van der Waals surface area contributed by atoms with E-state index in [1.165, 1.54) is 11.8 Å². The monoisotopic (exact) mass is 615 g/mol. The minimum absolute atomic E-state index is 0.109. The Morgan fingerprint density at radius 3 is 2.13 bits per heavy atom. The molecule has 0 saturated heterocycles. The average Bonchev–Trinajstić information content (AvgIpc) is 3.06. The van der Waals surface area contributed by atoms with Crippen LogP contribution in [-0.4, -0.2) is 29.6 Å². The fraction of sp³-hybridized carbons (Fsp3) is 0.108. The van der Waals surface area contributed by atoms with Gasteiger partial charge in [-0.3, -0.25) is 14.4 Å². The van der Waals surface area contributed by atoms with Crippen LogP contribution in [0.15, 0.2) is 132 Å². The van der Waals surface area contributed by atoms with Crippen molar-refractivity contribution in [2.24, 2.45) is 0 Å². The van der Waals surface area contributed by atoms with Crippen LogP contribution in [0.1, 0.15) is 29.8 Å². The van der Waals surface area contributed by atoms with E-state index in [0.717, 1.165) is 27.0 Å². The highest BCUT2D eigenvalue weighted by Gasteiger charge is 2.17. The molecule has 226 valence electrons. The lowest BCUT2D eigenvalue weighted by Crippen LogP contribution is -2.30. The number of carbonyl (C=O) groups is 3. The van der Waals surface area contributed by atoms with Crippen LogP contribution in [0, 0.1) is 0 Å². The number of carbonyl (C=O) groups excluding carboxylic acids is 3. The van der Waals surface area contributed by atoms with E-state index >= 15 is 0 Å². The Balaban J connectivity index is 1.27. The first-order valence-electron chi connectivity index (χ1n) is 14.6. The molecular formula is C37H33N3O4S. The molecule has 3 N–H and O–H groups in total. The van der Waals surface area contributed by atoms with Gasteiger partial charge in [0.05, 0.1) is 11.9 Å². The largest absolute Gasteiger partial charge is 0.494 e. The number of benzene rings is 5. The molecule has 0 fully saturated rings. The molecule has 3 amide bonds. The van der Waals surface area contributed by atoms with Crippen molar-refractivity contribution in [2.75, 3.05) is 17.2 Å². The molecule has 0 saturated carbocycles. The second kappa shape index (κ2) is 14.9. The van der Waals surface area contributed by atoms with Crippen LogP contribution in [0.4, 0.5) is 11.4 Å². The summed E-state index contributed by atoms with van der Waals surface area (Å²) in [7, 11) is 0. The van der Waals surface area contributed by atoms with E-state index < -0.39 is 5.91 Å². The quantitative estimate of drug-likeness (QED) is 0.104. The predicted molar refractivity (Wildman–Crippen MR) is 182 cm³/mol. The van der Waals surface area contributed by atoms with E-state index in [1.54, 1.807) is 42.5 Å². The minimum Gasteiger partial charge on any atom is -0.494 e. The van der Waals surface area contributed by atoms with Gasteiger partial charge in [-0.15, -0.1) is 11.8 Å². The van der Waals surface area contributed by atoms with E-state index in [9.17, 15) is 14.4 Å². The molecule has 5 aromatic carbocycles. The van der Waals surface area contributed by atoms with Crippen molar-refractivity contribution < 1.29 is 19.1 Å². The molecule has 0 spiro atoms. The third-order valence-electron chi connectivity index (χ3n) is 6.88. The van der Waals surface area contributed by atoms with Crippen LogP contribution >= 0.6 is 11.8 Å². The van der Waals surface area contributed by atoms with Gasteiger partial charge in [0.1, 0.15) is 11.4 Å². The first kappa shape index (κ1) is 31.1. The van der Waals surface area contributed by atoms with Crippen molar-refractivity contribution in [2.45, 2.75) is 24.0 Å². The summed E-state index contributed by atoms with van der Waals surface area (Å²) in [5.41, 5.74) is 2.60. The number of hydrogen-bond donors (Lipinski definition) is 3. The SMILES string of the molecule is CCOc1ccc(NC(=O)C(C)Sc2ccc(NC(=O)/C(=C/c3cccc4ccccc34)NC(=O)c3ccccc3)cc2)cc1. The maximum absolute atomic E-state index is 13.5. The van der Waals surface area contributed by atoms with Gasteiger partial charge < -0.3 is 20.7 Å². The zero-order valence-electron chi connectivity index (χ0n) is 25.0. The van der Waals surface area contributed by atoms with Crippen molar-refractivity contribution in [3.63, 3.8) is 0 Å². The fourth-order valence-corrected chi connectivity index (χ4v) is 5.46. The Morgan fingerprint density at radius 1 is 0.756 bits per heavy atom. The maximum Gasteiger partial charge on any atom is 0.272 e. The lowest BCUT2D eigenvalue weighted by Gasteiger charge is -2.14. The predicted octanol–water partition coefficient (Wildman–Crippen LogP) is 7.77. The normalized spacial score (nSPS) is 11.8. The first-order chi connectivity index (χ1) is 21.9. The summed E-state index contributed by atoms with van der Waals surface area (Å²) in [5, 5.41) is 10.2. The van der Waals surface area contributed by atoms with Crippen LogP contribution in [-0.2, 0) is 9.59 Å². The summed E-state index contributed by atoms with van der Waals surface area (Å²) in [6.07, 6.45) is 1.69. The van der Waals surface area contributed by atoms with Crippen LogP contribution in [0.25, 0.3) is 16.8 Å². The zero-order valence-corrected chi connectivity index (χ0v) is 25.8. The van der Waals surface area contributed by atoms with E-state index in [-0.39, 0.29) is 22.8 Å². The molecule has 7 nitrogen and oxygen atoms in total. The number of hydrogen-bond acceptors (Lipinski definition) is 5. The molecule has 0 aliphatic rings. The van der Waals surface area contributed by atoms with Crippen molar-refractivity contribution in [1.29, 1.82) is 0 Å². The summed E-state index contributed by atoms with van der Waals surface area (Å²) in [5.74, 6) is -0.226. The minimum atomic E-state index is -0.462. The molecule has 1 atom stereocenters. The van der Waals surface area contributed by atoms with Crippen LogP contribution in [0.2, 0.25) is 0 Å². The highest BCUT2D eigenvalue weighted by Crippen LogP contribution is 2.27. The zero-order chi connectivity index (χ0) is 31.6. The molecule has 0 heterocycles. The molecule has 0 radical (unpaired) electrons. The van der Waals surface area contributed by atoms with Gasteiger partial charge in [-0.2, -0.15) is 0 Å². The van der Waals surface area contributed by atoms with E-state index in [2.05, 4.69) is 16.0 Å². The van der Waals surface area contributed by atoms with E-state index in [4.69, 9.17) is 4.74 Å².